The maximum atomic E-state index is 12.2. The first kappa shape index (κ1) is 20.8. The van der Waals surface area contributed by atoms with Crippen molar-refractivity contribution in [1.29, 1.82) is 0 Å². The number of carbonyl (C=O) groups excluding carboxylic acids is 2. The van der Waals surface area contributed by atoms with E-state index >= 15 is 0 Å². The molecule has 0 aromatic heterocycles. The molecule has 0 heterocycles. The second-order valence-corrected chi connectivity index (χ2v) is 6.97. The summed E-state index contributed by atoms with van der Waals surface area (Å²) in [6, 6.07) is 29.6. The molecule has 156 valence electrons. The Morgan fingerprint density at radius 3 is 1.81 bits per heavy atom. The van der Waals surface area contributed by atoms with Crippen LogP contribution in [0, 0.1) is 0 Å². The van der Waals surface area contributed by atoms with Gasteiger partial charge in [0.25, 0.3) is 0 Å². The lowest BCUT2D eigenvalue weighted by molar-refractivity contribution is -0.129. The summed E-state index contributed by atoms with van der Waals surface area (Å²) in [5, 5.41) is 1.54. The van der Waals surface area contributed by atoms with Crippen LogP contribution in [-0.4, -0.2) is 11.9 Å². The predicted octanol–water partition coefficient (Wildman–Crippen LogP) is 6.08. The Bertz CT molecular complexity index is 1290. The van der Waals surface area contributed by atoms with Gasteiger partial charge in [0.2, 0.25) is 0 Å². The summed E-state index contributed by atoms with van der Waals surface area (Å²) in [6.45, 7) is 0. The summed E-state index contributed by atoms with van der Waals surface area (Å²) in [5.41, 5.74) is 1.82. The quantitative estimate of drug-likeness (QED) is 0.216. The third-order valence-electron chi connectivity index (χ3n) is 4.66. The molecule has 4 aromatic carbocycles. The second-order valence-electron chi connectivity index (χ2n) is 6.97. The van der Waals surface area contributed by atoms with E-state index in [2.05, 4.69) is 0 Å². The van der Waals surface area contributed by atoms with Gasteiger partial charge >= 0.3 is 11.9 Å². The summed E-state index contributed by atoms with van der Waals surface area (Å²) in [7, 11) is 0. The highest BCUT2D eigenvalue weighted by atomic mass is 16.5. The molecule has 0 aliphatic heterocycles. The Labute approximate surface area is 186 Å². The number of esters is 2. The fourth-order valence-electron chi connectivity index (χ4n) is 3.13. The van der Waals surface area contributed by atoms with Gasteiger partial charge in [-0.3, -0.25) is 0 Å². The maximum Gasteiger partial charge on any atom is 0.336 e. The van der Waals surface area contributed by atoms with Crippen LogP contribution in [0.15, 0.2) is 109 Å². The van der Waals surface area contributed by atoms with E-state index in [1.54, 1.807) is 42.5 Å². The third-order valence-corrected chi connectivity index (χ3v) is 4.66. The minimum absolute atomic E-state index is 0.410. The minimum atomic E-state index is -0.471. The molecule has 0 bridgehead atoms. The van der Waals surface area contributed by atoms with Gasteiger partial charge in [-0.05, 0) is 52.9 Å². The van der Waals surface area contributed by atoms with Gasteiger partial charge in [-0.1, -0.05) is 72.8 Å². The summed E-state index contributed by atoms with van der Waals surface area (Å²) >= 11 is 0. The van der Waals surface area contributed by atoms with Crippen molar-refractivity contribution >= 4 is 34.9 Å². The largest absolute Gasteiger partial charge is 0.423 e. The highest BCUT2D eigenvalue weighted by Gasteiger charge is 2.08. The Kier molecular flexibility index (Phi) is 6.54. The SMILES string of the molecule is O=C(/C=C/c1ccccc1)Oc1ccc2c(OC(=O)/C=C/c3ccccc3)cccc2c1. The molecular weight excluding hydrogens is 400 g/mol. The standard InChI is InChI=1S/C28H20O4/c29-27(18-14-21-8-3-1-4-9-21)31-24-16-17-25-23(20-24)12-7-13-26(25)32-28(30)19-15-22-10-5-2-6-11-22/h1-20H/b18-14+,19-15+. The van der Waals surface area contributed by atoms with Crippen molar-refractivity contribution in [3.63, 3.8) is 0 Å². The summed E-state index contributed by atoms with van der Waals surface area (Å²) in [5.74, 6) is -0.0931. The van der Waals surface area contributed by atoms with Crippen LogP contribution < -0.4 is 9.47 Å². The van der Waals surface area contributed by atoms with Gasteiger partial charge < -0.3 is 9.47 Å². The molecule has 0 fully saturated rings. The van der Waals surface area contributed by atoms with Crippen LogP contribution in [0.3, 0.4) is 0 Å². The second kappa shape index (κ2) is 10.0. The van der Waals surface area contributed by atoms with E-state index in [0.29, 0.717) is 11.5 Å². The van der Waals surface area contributed by atoms with Crippen LogP contribution >= 0.6 is 0 Å². The molecule has 4 aromatic rings. The number of rotatable bonds is 6. The van der Waals surface area contributed by atoms with Gasteiger partial charge in [0.05, 0.1) is 0 Å². The lowest BCUT2D eigenvalue weighted by Crippen LogP contribution is -2.05. The smallest absolute Gasteiger partial charge is 0.336 e. The van der Waals surface area contributed by atoms with Crippen molar-refractivity contribution in [2.45, 2.75) is 0 Å². The van der Waals surface area contributed by atoms with Crippen molar-refractivity contribution in [2.24, 2.45) is 0 Å². The summed E-state index contributed by atoms with van der Waals surface area (Å²) in [6.07, 6.45) is 6.18. The molecule has 0 spiro atoms. The first-order valence-corrected chi connectivity index (χ1v) is 10.1. The van der Waals surface area contributed by atoms with Gasteiger partial charge in [0.15, 0.2) is 0 Å². The van der Waals surface area contributed by atoms with E-state index in [9.17, 15) is 9.59 Å². The van der Waals surface area contributed by atoms with Crippen LogP contribution in [0.4, 0.5) is 0 Å². The maximum absolute atomic E-state index is 12.2. The minimum Gasteiger partial charge on any atom is -0.423 e. The van der Waals surface area contributed by atoms with Crippen molar-refractivity contribution in [3.05, 3.63) is 120 Å². The number of carbonyl (C=O) groups is 2. The van der Waals surface area contributed by atoms with Crippen molar-refractivity contribution in [2.75, 3.05) is 0 Å². The molecule has 4 nitrogen and oxygen atoms in total. The molecule has 32 heavy (non-hydrogen) atoms. The van der Waals surface area contributed by atoms with Crippen molar-refractivity contribution < 1.29 is 19.1 Å². The first-order valence-electron chi connectivity index (χ1n) is 10.1. The lowest BCUT2D eigenvalue weighted by Gasteiger charge is -2.08. The highest BCUT2D eigenvalue weighted by molar-refractivity contribution is 5.95. The molecule has 0 saturated heterocycles. The van der Waals surface area contributed by atoms with E-state index in [1.807, 2.05) is 66.7 Å². The normalized spacial score (nSPS) is 11.1. The third kappa shape index (κ3) is 5.58. The number of hydrogen-bond acceptors (Lipinski definition) is 4. The number of fused-ring (bicyclic) bond motifs is 1. The Morgan fingerprint density at radius 1 is 0.594 bits per heavy atom. The summed E-state index contributed by atoms with van der Waals surface area (Å²) < 4.78 is 10.9. The van der Waals surface area contributed by atoms with E-state index < -0.39 is 11.9 Å². The number of hydrogen-bond donors (Lipinski definition) is 0. The van der Waals surface area contributed by atoms with Crippen molar-refractivity contribution in [1.82, 2.24) is 0 Å². The number of benzene rings is 4. The van der Waals surface area contributed by atoms with Gasteiger partial charge in [-0.2, -0.15) is 0 Å². The fourth-order valence-corrected chi connectivity index (χ4v) is 3.13. The van der Waals surface area contributed by atoms with Crippen LogP contribution in [-0.2, 0) is 9.59 Å². The number of ether oxygens (including phenoxy) is 2. The summed E-state index contributed by atoms with van der Waals surface area (Å²) in [4.78, 5) is 24.4. The zero-order valence-corrected chi connectivity index (χ0v) is 17.2. The zero-order valence-electron chi connectivity index (χ0n) is 17.2. The molecule has 0 aliphatic carbocycles. The van der Waals surface area contributed by atoms with Gasteiger partial charge in [-0.15, -0.1) is 0 Å². The monoisotopic (exact) mass is 420 g/mol. The van der Waals surface area contributed by atoms with Crippen LogP contribution in [0.2, 0.25) is 0 Å². The molecule has 0 radical (unpaired) electrons. The Morgan fingerprint density at radius 2 is 1.19 bits per heavy atom. The van der Waals surface area contributed by atoms with Crippen LogP contribution in [0.5, 0.6) is 11.5 Å². The molecule has 0 atom stereocenters. The lowest BCUT2D eigenvalue weighted by atomic mass is 10.1. The molecule has 0 amide bonds. The predicted molar refractivity (Wildman–Crippen MR) is 126 cm³/mol. The molecule has 4 rings (SSSR count). The Hall–Kier alpha value is -4.44. The van der Waals surface area contributed by atoms with E-state index in [4.69, 9.17) is 9.47 Å². The Balaban J connectivity index is 1.45. The molecule has 4 heteroatoms. The average Bonchev–Trinajstić information content (AvgIpc) is 2.83. The average molecular weight is 420 g/mol. The van der Waals surface area contributed by atoms with Crippen molar-refractivity contribution in [3.8, 4) is 11.5 Å². The fraction of sp³-hybridized carbons (Fsp3) is 0. The van der Waals surface area contributed by atoms with Crippen LogP contribution in [0.1, 0.15) is 11.1 Å². The molecule has 0 aliphatic rings. The van der Waals surface area contributed by atoms with Gasteiger partial charge in [-0.25, -0.2) is 9.59 Å². The van der Waals surface area contributed by atoms with Gasteiger partial charge in [0.1, 0.15) is 11.5 Å². The van der Waals surface area contributed by atoms with E-state index in [1.165, 1.54) is 12.2 Å². The van der Waals surface area contributed by atoms with E-state index in [0.717, 1.165) is 21.9 Å². The topological polar surface area (TPSA) is 52.6 Å². The highest BCUT2D eigenvalue weighted by Crippen LogP contribution is 2.29. The molecular formula is C28H20O4. The molecule has 0 unspecified atom stereocenters. The first-order chi connectivity index (χ1) is 15.7. The van der Waals surface area contributed by atoms with Crippen LogP contribution in [0.25, 0.3) is 22.9 Å². The van der Waals surface area contributed by atoms with Gasteiger partial charge in [0, 0.05) is 17.5 Å². The molecule has 0 saturated carbocycles. The molecule has 0 N–H and O–H groups in total. The van der Waals surface area contributed by atoms with E-state index in [-0.39, 0.29) is 0 Å². The zero-order chi connectivity index (χ0) is 22.2.